The molecule has 1 fully saturated rings. The maximum atomic E-state index is 4.10. The van der Waals surface area contributed by atoms with Crippen LogP contribution in [0.25, 0.3) is 0 Å². The number of fused-ring (bicyclic) bond motifs is 1. The van der Waals surface area contributed by atoms with Crippen LogP contribution in [-0.4, -0.2) is 12.8 Å². The molecule has 1 saturated carbocycles. The van der Waals surface area contributed by atoms with Crippen LogP contribution in [0.5, 0.6) is 0 Å². The number of benzene rings is 1. The molecule has 19 heavy (non-hydrogen) atoms. The van der Waals surface area contributed by atoms with E-state index >= 15 is 0 Å². The predicted molar refractivity (Wildman–Crippen MR) is 84.1 cm³/mol. The molecule has 2 aliphatic carbocycles. The van der Waals surface area contributed by atoms with Gasteiger partial charge in [-0.25, -0.2) is 0 Å². The number of hydrogen-bond acceptors (Lipinski definition) is 1. The predicted octanol–water partition coefficient (Wildman–Crippen LogP) is 4.83. The third-order valence-corrected chi connectivity index (χ3v) is 4.33. The summed E-state index contributed by atoms with van der Waals surface area (Å²) in [5.41, 5.74) is 4.59. The lowest BCUT2D eigenvalue weighted by atomic mass is 9.99. The van der Waals surface area contributed by atoms with Gasteiger partial charge in [0, 0.05) is 12.8 Å². The second-order valence-electron chi connectivity index (χ2n) is 5.97. The van der Waals surface area contributed by atoms with Crippen LogP contribution in [0, 0.1) is 5.92 Å². The van der Waals surface area contributed by atoms with Crippen LogP contribution in [0.2, 0.25) is 0 Å². The zero-order valence-electron chi connectivity index (χ0n) is 12.5. The van der Waals surface area contributed by atoms with Gasteiger partial charge in [-0.2, -0.15) is 0 Å². The van der Waals surface area contributed by atoms with E-state index in [2.05, 4.69) is 36.2 Å². The quantitative estimate of drug-likeness (QED) is 0.590. The highest BCUT2D eigenvalue weighted by molar-refractivity contribution is 5.85. The first-order chi connectivity index (χ1) is 9.29. The van der Waals surface area contributed by atoms with Crippen LogP contribution >= 0.6 is 0 Å². The molecular weight excluding hydrogens is 230 g/mol. The van der Waals surface area contributed by atoms with E-state index in [-0.39, 0.29) is 0 Å². The first kappa shape index (κ1) is 14.3. The summed E-state index contributed by atoms with van der Waals surface area (Å²) in [6, 6.07) is 8.90. The Morgan fingerprint density at radius 2 is 1.63 bits per heavy atom. The van der Waals surface area contributed by atoms with Gasteiger partial charge in [0.1, 0.15) is 0 Å². The standard InChI is InChI=1S/C12H16.C6H11N/c1-10-5-4-8-11-6-2-3-7-12(11)9-10;1-7-6-4-2-3-5-6/h2-3,6-7,10H,4-5,8-9H2,1H3;2-5H2,1H3. The molecular formula is C18H27N. The van der Waals surface area contributed by atoms with Gasteiger partial charge in [-0.1, -0.05) is 37.6 Å². The van der Waals surface area contributed by atoms with Crippen molar-refractivity contribution in [2.45, 2.75) is 58.3 Å². The molecule has 0 spiro atoms. The van der Waals surface area contributed by atoms with Crippen molar-refractivity contribution in [1.29, 1.82) is 0 Å². The van der Waals surface area contributed by atoms with Crippen molar-refractivity contribution in [2.75, 3.05) is 7.05 Å². The van der Waals surface area contributed by atoms with Crippen molar-refractivity contribution < 1.29 is 0 Å². The van der Waals surface area contributed by atoms with Gasteiger partial charge < -0.3 is 0 Å². The summed E-state index contributed by atoms with van der Waals surface area (Å²) in [6.07, 6.45) is 10.6. The van der Waals surface area contributed by atoms with Gasteiger partial charge in [-0.15, -0.1) is 0 Å². The van der Waals surface area contributed by atoms with Gasteiger partial charge in [0.25, 0.3) is 0 Å². The van der Waals surface area contributed by atoms with Crippen molar-refractivity contribution in [3.05, 3.63) is 35.4 Å². The van der Waals surface area contributed by atoms with E-state index in [9.17, 15) is 0 Å². The Balaban J connectivity index is 0.000000163. The summed E-state index contributed by atoms with van der Waals surface area (Å²) in [5, 5.41) is 0. The topological polar surface area (TPSA) is 12.4 Å². The van der Waals surface area contributed by atoms with Gasteiger partial charge in [0.05, 0.1) is 0 Å². The maximum absolute atomic E-state index is 4.10. The lowest BCUT2D eigenvalue weighted by Crippen LogP contribution is -1.96. The number of hydrogen-bond donors (Lipinski definition) is 0. The first-order valence-electron chi connectivity index (χ1n) is 7.81. The molecule has 1 aromatic carbocycles. The van der Waals surface area contributed by atoms with Gasteiger partial charge in [0.15, 0.2) is 0 Å². The SMILES string of the molecule is CC1CCCc2ccccc2C1.CN=C1CCCC1. The summed E-state index contributed by atoms with van der Waals surface area (Å²) in [5.74, 6) is 0.883. The first-order valence-corrected chi connectivity index (χ1v) is 7.81. The molecule has 3 rings (SSSR count). The minimum Gasteiger partial charge on any atom is -0.297 e. The fraction of sp³-hybridized carbons (Fsp3) is 0.611. The minimum atomic E-state index is 0.883. The fourth-order valence-corrected chi connectivity index (χ4v) is 3.13. The van der Waals surface area contributed by atoms with E-state index in [0.717, 1.165) is 5.92 Å². The molecule has 1 atom stereocenters. The number of rotatable bonds is 0. The van der Waals surface area contributed by atoms with Crippen molar-refractivity contribution in [3.8, 4) is 0 Å². The van der Waals surface area contributed by atoms with Crippen LogP contribution in [0.15, 0.2) is 29.3 Å². The van der Waals surface area contributed by atoms with Crippen molar-refractivity contribution in [2.24, 2.45) is 10.9 Å². The van der Waals surface area contributed by atoms with Gasteiger partial charge in [-0.05, 0) is 62.0 Å². The van der Waals surface area contributed by atoms with E-state index in [1.54, 1.807) is 11.1 Å². The second kappa shape index (κ2) is 7.47. The average molecular weight is 257 g/mol. The molecule has 0 saturated heterocycles. The second-order valence-corrected chi connectivity index (χ2v) is 5.97. The van der Waals surface area contributed by atoms with E-state index in [4.69, 9.17) is 0 Å². The van der Waals surface area contributed by atoms with Crippen molar-refractivity contribution >= 4 is 5.71 Å². The maximum Gasteiger partial charge on any atom is 0.0276 e. The van der Waals surface area contributed by atoms with Crippen molar-refractivity contribution in [1.82, 2.24) is 0 Å². The zero-order valence-corrected chi connectivity index (χ0v) is 12.5. The Bertz CT molecular complexity index is 411. The van der Waals surface area contributed by atoms with Gasteiger partial charge in [0.2, 0.25) is 0 Å². The molecule has 1 nitrogen and oxygen atoms in total. The third kappa shape index (κ3) is 4.49. The molecule has 0 aliphatic heterocycles. The molecule has 1 heteroatoms. The van der Waals surface area contributed by atoms with E-state index in [1.807, 2.05) is 7.05 Å². The summed E-state index contributed by atoms with van der Waals surface area (Å²) in [6.45, 7) is 2.36. The minimum absolute atomic E-state index is 0.883. The third-order valence-electron chi connectivity index (χ3n) is 4.33. The van der Waals surface area contributed by atoms with Crippen LogP contribution < -0.4 is 0 Å². The lowest BCUT2D eigenvalue weighted by Gasteiger charge is -2.07. The molecule has 0 amide bonds. The lowest BCUT2D eigenvalue weighted by molar-refractivity contribution is 0.526. The Morgan fingerprint density at radius 3 is 2.26 bits per heavy atom. The normalized spacial score (nSPS) is 22.0. The highest BCUT2D eigenvalue weighted by Crippen LogP contribution is 2.23. The Kier molecular flexibility index (Phi) is 5.62. The number of aliphatic imine (C=N–C) groups is 1. The van der Waals surface area contributed by atoms with Crippen LogP contribution in [-0.2, 0) is 12.8 Å². The fourth-order valence-electron chi connectivity index (χ4n) is 3.13. The summed E-state index contributed by atoms with van der Waals surface area (Å²) < 4.78 is 0. The van der Waals surface area contributed by atoms with Gasteiger partial charge in [-0.3, -0.25) is 4.99 Å². The molecule has 104 valence electrons. The van der Waals surface area contributed by atoms with E-state index in [1.165, 1.54) is 57.1 Å². The number of aryl methyl sites for hydroxylation is 1. The molecule has 1 aromatic rings. The zero-order chi connectivity index (χ0) is 13.5. The Labute approximate surface area is 118 Å². The summed E-state index contributed by atoms with van der Waals surface area (Å²) in [7, 11) is 1.89. The molecule has 1 unspecified atom stereocenters. The van der Waals surface area contributed by atoms with Crippen LogP contribution in [0.4, 0.5) is 0 Å². The van der Waals surface area contributed by atoms with Crippen LogP contribution in [0.3, 0.4) is 0 Å². The molecule has 0 bridgehead atoms. The summed E-state index contributed by atoms with van der Waals surface area (Å²) >= 11 is 0. The molecule has 2 aliphatic rings. The average Bonchev–Trinajstić information content (AvgIpc) is 2.88. The number of nitrogens with zero attached hydrogens (tertiary/aromatic N) is 1. The molecule has 0 heterocycles. The largest absolute Gasteiger partial charge is 0.297 e. The smallest absolute Gasteiger partial charge is 0.0276 e. The van der Waals surface area contributed by atoms with E-state index in [0.29, 0.717) is 0 Å². The molecule has 0 radical (unpaired) electrons. The Morgan fingerprint density at radius 1 is 0.947 bits per heavy atom. The monoisotopic (exact) mass is 257 g/mol. The molecule has 0 N–H and O–H groups in total. The van der Waals surface area contributed by atoms with E-state index < -0.39 is 0 Å². The van der Waals surface area contributed by atoms with Crippen molar-refractivity contribution in [3.63, 3.8) is 0 Å². The highest BCUT2D eigenvalue weighted by Gasteiger charge is 2.11. The summed E-state index contributed by atoms with van der Waals surface area (Å²) in [4.78, 5) is 4.10. The Hall–Kier alpha value is -1.11. The van der Waals surface area contributed by atoms with Crippen LogP contribution in [0.1, 0.15) is 56.6 Å². The van der Waals surface area contributed by atoms with Gasteiger partial charge >= 0.3 is 0 Å². The molecule has 0 aromatic heterocycles. The highest BCUT2D eigenvalue weighted by atomic mass is 14.7.